The van der Waals surface area contributed by atoms with Gasteiger partial charge in [-0.2, -0.15) is 0 Å². The minimum Gasteiger partial charge on any atom is -0.497 e. The van der Waals surface area contributed by atoms with E-state index in [1.807, 2.05) is 12.1 Å². The van der Waals surface area contributed by atoms with Crippen LogP contribution in [0, 0.1) is 0 Å². The fraction of sp³-hybridized carbons (Fsp3) is 0.267. The average molecular weight is 332 g/mol. The monoisotopic (exact) mass is 332 g/mol. The highest BCUT2D eigenvalue weighted by molar-refractivity contribution is 7.14. The van der Waals surface area contributed by atoms with Crippen molar-refractivity contribution in [2.45, 2.75) is 13.1 Å². The summed E-state index contributed by atoms with van der Waals surface area (Å²) >= 11 is 1.30. The minimum atomic E-state index is -0.181. The Hall–Kier alpha value is -2.70. The molecule has 23 heavy (non-hydrogen) atoms. The highest BCUT2D eigenvalue weighted by atomic mass is 32.1. The summed E-state index contributed by atoms with van der Waals surface area (Å²) in [5, 5.41) is 6.32. The second-order valence-electron chi connectivity index (χ2n) is 4.52. The molecule has 0 aliphatic heterocycles. The lowest BCUT2D eigenvalue weighted by Gasteiger charge is -2.11. The Labute approximate surface area is 137 Å². The smallest absolute Gasteiger partial charge is 0.261 e. The van der Waals surface area contributed by atoms with Gasteiger partial charge >= 0.3 is 0 Å². The van der Waals surface area contributed by atoms with Crippen LogP contribution in [-0.2, 0) is 13.1 Å². The van der Waals surface area contributed by atoms with E-state index in [1.54, 1.807) is 32.4 Å². The molecule has 0 radical (unpaired) electrons. The average Bonchev–Trinajstić information content (AvgIpc) is 3.06. The third-order valence-electron chi connectivity index (χ3n) is 3.11. The molecule has 0 aliphatic rings. The van der Waals surface area contributed by atoms with Gasteiger partial charge in [0.25, 0.3) is 5.91 Å². The van der Waals surface area contributed by atoms with E-state index in [2.05, 4.69) is 15.3 Å². The quantitative estimate of drug-likeness (QED) is 0.477. The van der Waals surface area contributed by atoms with Gasteiger partial charge < -0.3 is 14.8 Å². The molecular formula is C15H16N4O3S. The highest BCUT2D eigenvalue weighted by Gasteiger charge is 2.11. The van der Waals surface area contributed by atoms with Gasteiger partial charge in [-0.3, -0.25) is 4.79 Å². The number of ether oxygens (including phenoxy) is 2. The van der Waals surface area contributed by atoms with Crippen LogP contribution in [0.25, 0.3) is 10.4 Å². The Balaban J connectivity index is 2.01. The van der Waals surface area contributed by atoms with E-state index in [1.165, 1.54) is 11.3 Å². The van der Waals surface area contributed by atoms with Crippen LogP contribution >= 0.6 is 11.3 Å². The Bertz CT molecular complexity index is 738. The minimum absolute atomic E-state index is 0.181. The highest BCUT2D eigenvalue weighted by Crippen LogP contribution is 2.24. The molecule has 1 heterocycles. The number of hydrogen-bond acceptors (Lipinski definition) is 5. The summed E-state index contributed by atoms with van der Waals surface area (Å²) in [6, 6.07) is 8.92. The van der Waals surface area contributed by atoms with E-state index >= 15 is 0 Å². The number of hydrogen-bond donors (Lipinski definition) is 1. The first-order valence-corrected chi connectivity index (χ1v) is 7.58. The molecule has 0 aliphatic carbocycles. The molecule has 0 spiro atoms. The summed E-state index contributed by atoms with van der Waals surface area (Å²) < 4.78 is 10.4. The summed E-state index contributed by atoms with van der Waals surface area (Å²) in [6.45, 7) is 0.594. The molecule has 8 heteroatoms. The molecule has 2 aromatic rings. The van der Waals surface area contributed by atoms with Gasteiger partial charge in [-0.15, -0.1) is 11.3 Å². The third-order valence-corrected chi connectivity index (χ3v) is 4.18. The van der Waals surface area contributed by atoms with Gasteiger partial charge in [-0.05, 0) is 29.8 Å². The fourth-order valence-electron chi connectivity index (χ4n) is 1.95. The molecule has 0 unspecified atom stereocenters. The molecule has 120 valence electrons. The molecule has 1 N–H and O–H groups in total. The third kappa shape index (κ3) is 4.38. The number of rotatable bonds is 7. The molecule has 0 saturated carbocycles. The van der Waals surface area contributed by atoms with Crippen molar-refractivity contribution in [3.05, 3.63) is 56.1 Å². The molecule has 0 fully saturated rings. The summed E-state index contributed by atoms with van der Waals surface area (Å²) in [6.07, 6.45) is 0. The van der Waals surface area contributed by atoms with Gasteiger partial charge in [0.15, 0.2) is 0 Å². The van der Waals surface area contributed by atoms with Crippen LogP contribution in [0.4, 0.5) is 0 Å². The number of methoxy groups -OCH3 is 2. The molecule has 1 aromatic carbocycles. The van der Waals surface area contributed by atoms with E-state index in [0.717, 1.165) is 10.4 Å². The van der Waals surface area contributed by atoms with E-state index in [0.29, 0.717) is 22.9 Å². The molecule has 0 bridgehead atoms. The topological polar surface area (TPSA) is 96.3 Å². The molecule has 1 amide bonds. The normalized spacial score (nSPS) is 9.83. The standard InChI is InChI=1S/C15H16N4O3S/c1-21-11-4-3-10(13(7-11)22-2)8-17-15(20)14-6-5-12(23-14)9-18-19-16/h3-7H,8-9H2,1-2H3,(H,17,20). The van der Waals surface area contributed by atoms with Crippen LogP contribution in [0.1, 0.15) is 20.1 Å². The van der Waals surface area contributed by atoms with Crippen molar-refractivity contribution in [3.63, 3.8) is 0 Å². The zero-order valence-corrected chi connectivity index (χ0v) is 13.6. The molecular weight excluding hydrogens is 316 g/mol. The number of carbonyl (C=O) groups excluding carboxylic acids is 1. The van der Waals surface area contributed by atoms with Gasteiger partial charge in [0, 0.05) is 28.0 Å². The van der Waals surface area contributed by atoms with Crippen LogP contribution < -0.4 is 14.8 Å². The van der Waals surface area contributed by atoms with Gasteiger partial charge in [0.1, 0.15) is 11.5 Å². The van der Waals surface area contributed by atoms with Crippen molar-refractivity contribution in [3.8, 4) is 11.5 Å². The lowest BCUT2D eigenvalue weighted by molar-refractivity contribution is 0.0954. The van der Waals surface area contributed by atoms with Crippen molar-refractivity contribution in [1.29, 1.82) is 0 Å². The second-order valence-corrected chi connectivity index (χ2v) is 5.68. The fourth-order valence-corrected chi connectivity index (χ4v) is 2.79. The van der Waals surface area contributed by atoms with Crippen LogP contribution in [-0.4, -0.2) is 20.1 Å². The lowest BCUT2D eigenvalue weighted by atomic mass is 10.2. The summed E-state index contributed by atoms with van der Waals surface area (Å²) in [7, 11) is 3.16. The molecule has 0 saturated heterocycles. The first-order valence-electron chi connectivity index (χ1n) is 6.76. The van der Waals surface area contributed by atoms with E-state index < -0.39 is 0 Å². The van der Waals surface area contributed by atoms with Crippen molar-refractivity contribution in [2.24, 2.45) is 5.11 Å². The zero-order valence-electron chi connectivity index (χ0n) is 12.8. The maximum absolute atomic E-state index is 12.2. The number of nitrogens with one attached hydrogen (secondary N) is 1. The number of nitrogens with zero attached hydrogens (tertiary/aromatic N) is 3. The van der Waals surface area contributed by atoms with Crippen molar-refractivity contribution < 1.29 is 14.3 Å². The summed E-state index contributed by atoms with van der Waals surface area (Å²) in [5.74, 6) is 1.16. The molecule has 1 aromatic heterocycles. The lowest BCUT2D eigenvalue weighted by Crippen LogP contribution is -2.22. The number of carbonyl (C=O) groups is 1. The first-order chi connectivity index (χ1) is 11.2. The van der Waals surface area contributed by atoms with Crippen molar-refractivity contribution in [1.82, 2.24) is 5.32 Å². The predicted octanol–water partition coefficient (Wildman–Crippen LogP) is 3.51. The van der Waals surface area contributed by atoms with Gasteiger partial charge in [-0.1, -0.05) is 5.11 Å². The van der Waals surface area contributed by atoms with Gasteiger partial charge in [0.05, 0.1) is 25.6 Å². The second kappa shape index (κ2) is 8.07. The van der Waals surface area contributed by atoms with E-state index in [4.69, 9.17) is 15.0 Å². The Morgan fingerprint density at radius 2 is 2.13 bits per heavy atom. The molecule has 0 atom stereocenters. The zero-order chi connectivity index (χ0) is 16.7. The van der Waals surface area contributed by atoms with Crippen LogP contribution in [0.2, 0.25) is 0 Å². The molecule has 2 rings (SSSR count). The van der Waals surface area contributed by atoms with Crippen LogP contribution in [0.3, 0.4) is 0 Å². The van der Waals surface area contributed by atoms with Crippen LogP contribution in [0.5, 0.6) is 11.5 Å². The van der Waals surface area contributed by atoms with Gasteiger partial charge in [-0.25, -0.2) is 0 Å². The molecule has 7 nitrogen and oxygen atoms in total. The maximum atomic E-state index is 12.2. The number of amides is 1. The van der Waals surface area contributed by atoms with E-state index in [9.17, 15) is 4.79 Å². The predicted molar refractivity (Wildman–Crippen MR) is 87.9 cm³/mol. The Morgan fingerprint density at radius 3 is 2.83 bits per heavy atom. The number of azide groups is 1. The van der Waals surface area contributed by atoms with Crippen LogP contribution in [0.15, 0.2) is 35.4 Å². The number of benzene rings is 1. The Kier molecular flexibility index (Phi) is 5.85. The Morgan fingerprint density at radius 1 is 1.30 bits per heavy atom. The SMILES string of the molecule is COc1ccc(CNC(=O)c2ccc(CN=[N+]=[N-])s2)c(OC)c1. The maximum Gasteiger partial charge on any atom is 0.261 e. The van der Waals surface area contributed by atoms with E-state index in [-0.39, 0.29) is 12.5 Å². The summed E-state index contributed by atoms with van der Waals surface area (Å²) in [5.41, 5.74) is 9.16. The first kappa shape index (κ1) is 16.7. The summed E-state index contributed by atoms with van der Waals surface area (Å²) in [4.78, 5) is 16.3. The largest absolute Gasteiger partial charge is 0.497 e. The number of thiophene rings is 1. The van der Waals surface area contributed by atoms with Crippen molar-refractivity contribution >= 4 is 17.2 Å². The van der Waals surface area contributed by atoms with Gasteiger partial charge in [0.2, 0.25) is 0 Å². The van der Waals surface area contributed by atoms with Crippen molar-refractivity contribution in [2.75, 3.05) is 14.2 Å².